The maximum absolute atomic E-state index is 5.73. The quantitative estimate of drug-likeness (QED) is 0.803. The summed E-state index contributed by atoms with van der Waals surface area (Å²) in [6.45, 7) is 3.52. The molecule has 0 saturated heterocycles. The molecular weight excluding hydrogens is 214 g/mol. The van der Waals surface area contributed by atoms with E-state index in [1.807, 2.05) is 35.1 Å². The molecule has 1 heterocycles. The van der Waals surface area contributed by atoms with Crippen LogP contribution in [0.5, 0.6) is 5.75 Å². The van der Waals surface area contributed by atoms with E-state index in [2.05, 4.69) is 12.0 Å². The predicted molar refractivity (Wildman–Crippen MR) is 68.0 cm³/mol. The van der Waals surface area contributed by atoms with Gasteiger partial charge in [-0.3, -0.25) is 4.68 Å². The van der Waals surface area contributed by atoms with E-state index in [0.29, 0.717) is 6.54 Å². The van der Waals surface area contributed by atoms with Crippen molar-refractivity contribution in [2.24, 2.45) is 0 Å². The summed E-state index contributed by atoms with van der Waals surface area (Å²) in [5.41, 5.74) is 7.64. The Bertz CT molecular complexity index is 479. The lowest BCUT2D eigenvalue weighted by molar-refractivity contribution is 0.317. The lowest BCUT2D eigenvalue weighted by Gasteiger charge is -2.02. The molecule has 2 rings (SSSR count). The van der Waals surface area contributed by atoms with Crippen LogP contribution in [0.1, 0.15) is 18.9 Å². The molecule has 0 atom stereocenters. The van der Waals surface area contributed by atoms with Gasteiger partial charge in [0, 0.05) is 5.69 Å². The molecule has 0 radical (unpaired) electrons. The van der Waals surface area contributed by atoms with Crippen LogP contribution in [-0.4, -0.2) is 16.4 Å². The van der Waals surface area contributed by atoms with Gasteiger partial charge in [0.25, 0.3) is 0 Å². The Balaban J connectivity index is 2.01. The van der Waals surface area contributed by atoms with Gasteiger partial charge >= 0.3 is 0 Å². The average Bonchev–Trinajstić information content (AvgIpc) is 2.74. The third-order valence-electron chi connectivity index (χ3n) is 2.38. The summed E-state index contributed by atoms with van der Waals surface area (Å²) in [6, 6.07) is 7.81. The maximum atomic E-state index is 5.73. The Hall–Kier alpha value is -1.97. The lowest BCUT2D eigenvalue weighted by atomic mass is 10.2. The molecule has 0 amide bonds. The van der Waals surface area contributed by atoms with Crippen molar-refractivity contribution in [3.63, 3.8) is 0 Å². The normalized spacial score (nSPS) is 10.4. The molecule has 4 nitrogen and oxygen atoms in total. The Labute approximate surface area is 101 Å². The van der Waals surface area contributed by atoms with Crippen LogP contribution in [0, 0.1) is 0 Å². The lowest BCUT2D eigenvalue weighted by Crippen LogP contribution is -2.00. The van der Waals surface area contributed by atoms with Gasteiger partial charge in [0.1, 0.15) is 0 Å². The van der Waals surface area contributed by atoms with Crippen molar-refractivity contribution in [3.05, 3.63) is 42.2 Å². The highest BCUT2D eigenvalue weighted by molar-refractivity contribution is 5.40. The van der Waals surface area contributed by atoms with Gasteiger partial charge in [0.15, 0.2) is 5.75 Å². The summed E-state index contributed by atoms with van der Waals surface area (Å²) in [5.74, 6) is 0.816. The van der Waals surface area contributed by atoms with Gasteiger partial charge in [0.2, 0.25) is 0 Å². The largest absolute Gasteiger partial charge is 0.490 e. The van der Waals surface area contributed by atoms with Crippen molar-refractivity contribution in [3.8, 4) is 5.75 Å². The molecule has 0 bridgehead atoms. The van der Waals surface area contributed by atoms with Crippen molar-refractivity contribution < 1.29 is 4.74 Å². The summed E-state index contributed by atoms with van der Waals surface area (Å²) in [5, 5.41) is 4.24. The topological polar surface area (TPSA) is 53.1 Å². The zero-order chi connectivity index (χ0) is 12.1. The van der Waals surface area contributed by atoms with Crippen molar-refractivity contribution in [1.29, 1.82) is 0 Å². The number of hydrogen-bond acceptors (Lipinski definition) is 3. The van der Waals surface area contributed by atoms with Crippen LogP contribution in [0.4, 0.5) is 5.69 Å². The first-order chi connectivity index (χ1) is 8.28. The first-order valence-electron chi connectivity index (χ1n) is 5.77. The first kappa shape index (κ1) is 11.5. The zero-order valence-corrected chi connectivity index (χ0v) is 9.97. The van der Waals surface area contributed by atoms with Gasteiger partial charge in [0.05, 0.1) is 25.5 Å². The van der Waals surface area contributed by atoms with Crippen molar-refractivity contribution >= 4 is 5.69 Å². The van der Waals surface area contributed by atoms with Crippen LogP contribution in [-0.2, 0) is 6.54 Å². The molecule has 2 aromatic rings. The molecule has 0 aliphatic rings. The van der Waals surface area contributed by atoms with E-state index in [4.69, 9.17) is 10.5 Å². The molecule has 2 N–H and O–H groups in total. The van der Waals surface area contributed by atoms with E-state index >= 15 is 0 Å². The van der Waals surface area contributed by atoms with E-state index in [0.717, 1.165) is 30.0 Å². The molecule has 1 aromatic heterocycles. The molecule has 4 heteroatoms. The van der Waals surface area contributed by atoms with Gasteiger partial charge in [-0.2, -0.15) is 5.10 Å². The van der Waals surface area contributed by atoms with Crippen LogP contribution in [0.3, 0.4) is 0 Å². The summed E-state index contributed by atoms with van der Waals surface area (Å²) in [6.07, 6.45) is 4.64. The molecule has 0 aliphatic carbocycles. The van der Waals surface area contributed by atoms with Gasteiger partial charge in [-0.25, -0.2) is 0 Å². The highest BCUT2D eigenvalue weighted by Gasteiger charge is 2.00. The Morgan fingerprint density at radius 2 is 2.29 bits per heavy atom. The van der Waals surface area contributed by atoms with Crippen molar-refractivity contribution in [2.45, 2.75) is 19.9 Å². The molecule has 0 fully saturated rings. The third kappa shape index (κ3) is 3.24. The minimum Gasteiger partial charge on any atom is -0.490 e. The minimum atomic E-state index is 0.709. The molecule has 1 aromatic carbocycles. The van der Waals surface area contributed by atoms with Crippen LogP contribution in [0.25, 0.3) is 0 Å². The van der Waals surface area contributed by atoms with Gasteiger partial charge in [-0.1, -0.05) is 19.1 Å². The highest BCUT2D eigenvalue weighted by Crippen LogP contribution is 2.12. The average molecular weight is 231 g/mol. The maximum Gasteiger partial charge on any atom is 0.157 e. The number of nitrogen functional groups attached to an aromatic ring is 1. The van der Waals surface area contributed by atoms with Crippen LogP contribution >= 0.6 is 0 Å². The zero-order valence-electron chi connectivity index (χ0n) is 9.97. The summed E-state index contributed by atoms with van der Waals surface area (Å²) in [4.78, 5) is 0. The number of anilines is 1. The second-order valence-electron chi connectivity index (χ2n) is 3.97. The number of hydrogen-bond donors (Lipinski definition) is 1. The van der Waals surface area contributed by atoms with E-state index in [9.17, 15) is 0 Å². The SMILES string of the molecule is CCCOc1cnn(Cc2cccc(N)c2)c1. The molecular formula is C13H17N3O. The number of benzene rings is 1. The fourth-order valence-electron chi connectivity index (χ4n) is 1.60. The molecule has 0 saturated carbocycles. The van der Waals surface area contributed by atoms with Crippen molar-refractivity contribution in [2.75, 3.05) is 12.3 Å². The van der Waals surface area contributed by atoms with Gasteiger partial charge < -0.3 is 10.5 Å². The fourth-order valence-corrected chi connectivity index (χ4v) is 1.60. The minimum absolute atomic E-state index is 0.709. The molecule has 0 unspecified atom stereocenters. The number of nitrogens with zero attached hydrogens (tertiary/aromatic N) is 2. The molecule has 0 spiro atoms. The number of aromatic nitrogens is 2. The molecule has 0 aliphatic heterocycles. The van der Waals surface area contributed by atoms with Crippen LogP contribution < -0.4 is 10.5 Å². The standard InChI is InChI=1S/C13H17N3O/c1-2-6-17-13-8-15-16(10-13)9-11-4-3-5-12(14)7-11/h3-5,7-8,10H,2,6,9,14H2,1H3. The molecule has 90 valence electrons. The number of nitrogens with two attached hydrogens (primary N) is 1. The van der Waals surface area contributed by atoms with Crippen LogP contribution in [0.2, 0.25) is 0 Å². The van der Waals surface area contributed by atoms with Gasteiger partial charge in [-0.05, 0) is 24.1 Å². The molecule has 17 heavy (non-hydrogen) atoms. The monoisotopic (exact) mass is 231 g/mol. The highest BCUT2D eigenvalue weighted by atomic mass is 16.5. The second-order valence-corrected chi connectivity index (χ2v) is 3.97. The Kier molecular flexibility index (Phi) is 3.65. The van der Waals surface area contributed by atoms with Crippen molar-refractivity contribution in [1.82, 2.24) is 9.78 Å². The smallest absolute Gasteiger partial charge is 0.157 e. The summed E-state index contributed by atoms with van der Waals surface area (Å²) >= 11 is 0. The van der Waals surface area contributed by atoms with E-state index in [1.165, 1.54) is 0 Å². The summed E-state index contributed by atoms with van der Waals surface area (Å²) < 4.78 is 7.34. The predicted octanol–water partition coefficient (Wildman–Crippen LogP) is 2.30. The fraction of sp³-hybridized carbons (Fsp3) is 0.308. The number of rotatable bonds is 5. The van der Waals surface area contributed by atoms with E-state index < -0.39 is 0 Å². The van der Waals surface area contributed by atoms with E-state index in [-0.39, 0.29) is 0 Å². The van der Waals surface area contributed by atoms with E-state index in [1.54, 1.807) is 6.20 Å². The van der Waals surface area contributed by atoms with Crippen LogP contribution in [0.15, 0.2) is 36.7 Å². The van der Waals surface area contributed by atoms with Gasteiger partial charge in [-0.15, -0.1) is 0 Å². The summed E-state index contributed by atoms with van der Waals surface area (Å²) in [7, 11) is 0. The Morgan fingerprint density at radius 1 is 1.41 bits per heavy atom. The Morgan fingerprint density at radius 3 is 3.06 bits per heavy atom. The second kappa shape index (κ2) is 5.39. The third-order valence-corrected chi connectivity index (χ3v) is 2.38. The number of ether oxygens (including phenoxy) is 1. The first-order valence-corrected chi connectivity index (χ1v) is 5.77.